The lowest BCUT2D eigenvalue weighted by molar-refractivity contribution is 0.479. The third-order valence-electron chi connectivity index (χ3n) is 5.29. The molecule has 1 heterocycles. The summed E-state index contributed by atoms with van der Waals surface area (Å²) >= 11 is 0. The van der Waals surface area contributed by atoms with Crippen molar-refractivity contribution in [2.45, 2.75) is 14.7 Å². The minimum Gasteiger partial charge on any atom is -0.353 e. The molecule has 0 aliphatic heterocycles. The number of nitriles is 2. The highest BCUT2D eigenvalue weighted by Gasteiger charge is 2.21. The second-order valence-electron chi connectivity index (χ2n) is 8.51. The normalized spacial score (nSPS) is 12.1. The summed E-state index contributed by atoms with van der Waals surface area (Å²) in [4.78, 5) is 9.88. The third-order valence-corrected chi connectivity index (χ3v) is 9.23. The molecule has 20 nitrogen and oxygen atoms in total. The molecule has 0 aliphatic rings. The van der Waals surface area contributed by atoms with Crippen LogP contribution in [0.2, 0.25) is 0 Å². The number of hydrogen-bond acceptors (Lipinski definition) is 16. The summed E-state index contributed by atoms with van der Waals surface area (Å²) in [6.45, 7) is -0.929. The number of hydrogen-bond donors (Lipinski definition) is 7. The van der Waals surface area contributed by atoms with Crippen molar-refractivity contribution in [2.75, 3.05) is 41.3 Å². The zero-order valence-electron chi connectivity index (χ0n) is 22.3. The Balaban J connectivity index is 1.87. The van der Waals surface area contributed by atoms with E-state index in [4.69, 9.17) is 15.1 Å². The van der Waals surface area contributed by atoms with Gasteiger partial charge in [-0.15, -0.1) is 0 Å². The molecular weight excluding hydrogens is 683 g/mol. The van der Waals surface area contributed by atoms with Crippen LogP contribution >= 0.6 is 0 Å². The Kier molecular flexibility index (Phi) is 10.6. The fraction of sp³-hybridized carbons (Fsp3) is 0.190. The van der Waals surface area contributed by atoms with Gasteiger partial charge in [0.1, 0.15) is 17.0 Å². The van der Waals surface area contributed by atoms with Gasteiger partial charge in [0.25, 0.3) is 30.4 Å². The first-order valence-electron chi connectivity index (χ1n) is 11.8. The maximum absolute atomic E-state index is 12.6. The Hall–Kier alpha value is -4.53. The molecule has 0 amide bonds. The average molecular weight is 704 g/mol. The van der Waals surface area contributed by atoms with Gasteiger partial charge >= 0.3 is 0 Å². The van der Waals surface area contributed by atoms with Gasteiger partial charge in [0.2, 0.25) is 27.9 Å². The molecule has 3 aromatic rings. The molecule has 0 atom stereocenters. The van der Waals surface area contributed by atoms with Crippen LogP contribution in [-0.2, 0) is 40.4 Å². The van der Waals surface area contributed by atoms with Gasteiger partial charge in [-0.05, 0) is 36.4 Å². The molecule has 45 heavy (non-hydrogen) atoms. The second kappa shape index (κ2) is 13.6. The SMILES string of the molecule is N#Cc1ccc(S(=O)(=O)NCCNc2nc(NCCS(=O)(=O)O)nc(Nc3cc(S(=O)(=O)O)ccc3S(=O)(=O)O)n2)cc1C#N. The van der Waals surface area contributed by atoms with Crippen LogP contribution in [0.1, 0.15) is 11.1 Å². The van der Waals surface area contributed by atoms with Crippen molar-refractivity contribution >= 4 is 63.9 Å². The van der Waals surface area contributed by atoms with Crippen molar-refractivity contribution in [1.29, 1.82) is 10.5 Å². The van der Waals surface area contributed by atoms with Crippen molar-refractivity contribution in [2.24, 2.45) is 0 Å². The van der Waals surface area contributed by atoms with Gasteiger partial charge in [0.15, 0.2) is 0 Å². The number of aromatic nitrogens is 3. The van der Waals surface area contributed by atoms with Crippen molar-refractivity contribution in [3.8, 4) is 12.1 Å². The largest absolute Gasteiger partial charge is 0.353 e. The average Bonchev–Trinajstić information content (AvgIpc) is 2.93. The fourth-order valence-corrected chi connectivity index (χ4v) is 5.87. The monoisotopic (exact) mass is 703 g/mol. The summed E-state index contributed by atoms with van der Waals surface area (Å²) < 4.78 is 124. The van der Waals surface area contributed by atoms with Crippen LogP contribution in [0.3, 0.4) is 0 Å². The first kappa shape index (κ1) is 35.0. The zero-order valence-corrected chi connectivity index (χ0v) is 25.5. The molecule has 0 radical (unpaired) electrons. The lowest BCUT2D eigenvalue weighted by atomic mass is 10.1. The van der Waals surface area contributed by atoms with Crippen LogP contribution in [0, 0.1) is 22.7 Å². The quantitative estimate of drug-likeness (QED) is 0.0824. The second-order valence-corrected chi connectivity index (χ2v) is 14.7. The molecular formula is C21H21N9O11S4. The first-order valence-corrected chi connectivity index (χ1v) is 17.8. The molecule has 1 aromatic heterocycles. The molecule has 240 valence electrons. The molecule has 0 spiro atoms. The summed E-state index contributed by atoms with van der Waals surface area (Å²) in [7, 11) is -18.4. The summed E-state index contributed by atoms with van der Waals surface area (Å²) in [5.74, 6) is -1.97. The Morgan fingerprint density at radius 3 is 1.80 bits per heavy atom. The van der Waals surface area contributed by atoms with Gasteiger partial charge in [-0.1, -0.05) is 0 Å². The lowest BCUT2D eigenvalue weighted by Crippen LogP contribution is -2.29. The number of nitrogens with one attached hydrogen (secondary N) is 4. The summed E-state index contributed by atoms with van der Waals surface area (Å²) in [5.41, 5.74) is -0.788. The lowest BCUT2D eigenvalue weighted by Gasteiger charge is -2.13. The summed E-state index contributed by atoms with van der Waals surface area (Å²) in [6.07, 6.45) is 0. The van der Waals surface area contributed by atoms with Crippen LogP contribution in [0.5, 0.6) is 0 Å². The van der Waals surface area contributed by atoms with Gasteiger partial charge in [-0.3, -0.25) is 13.7 Å². The van der Waals surface area contributed by atoms with Crippen molar-refractivity contribution in [1.82, 2.24) is 19.7 Å². The van der Waals surface area contributed by atoms with E-state index in [0.29, 0.717) is 18.2 Å². The fourth-order valence-electron chi connectivity index (χ4n) is 3.32. The van der Waals surface area contributed by atoms with E-state index in [1.165, 1.54) is 6.07 Å². The Labute approximate surface area is 256 Å². The van der Waals surface area contributed by atoms with Gasteiger partial charge in [-0.25, -0.2) is 13.1 Å². The van der Waals surface area contributed by atoms with Crippen molar-refractivity contribution < 1.29 is 47.3 Å². The molecule has 2 aromatic carbocycles. The highest BCUT2D eigenvalue weighted by Crippen LogP contribution is 2.27. The van der Waals surface area contributed by atoms with Crippen LogP contribution in [0.25, 0.3) is 0 Å². The Morgan fingerprint density at radius 1 is 0.667 bits per heavy atom. The molecule has 24 heteroatoms. The highest BCUT2D eigenvalue weighted by molar-refractivity contribution is 7.89. The van der Waals surface area contributed by atoms with E-state index in [0.717, 1.165) is 12.1 Å². The highest BCUT2D eigenvalue weighted by atomic mass is 32.2. The molecule has 0 saturated heterocycles. The van der Waals surface area contributed by atoms with Crippen LogP contribution in [-0.4, -0.2) is 87.7 Å². The predicted molar refractivity (Wildman–Crippen MR) is 154 cm³/mol. The van der Waals surface area contributed by atoms with Crippen LogP contribution in [0.4, 0.5) is 23.5 Å². The molecule has 0 saturated carbocycles. The zero-order chi connectivity index (χ0) is 33.6. The molecule has 7 N–H and O–H groups in total. The predicted octanol–water partition coefficient (Wildman–Crippen LogP) is -0.458. The minimum atomic E-state index is -4.96. The number of nitrogens with zero attached hydrogens (tertiary/aromatic N) is 5. The van der Waals surface area contributed by atoms with E-state index in [2.05, 4.69) is 35.6 Å². The first-order chi connectivity index (χ1) is 20.8. The van der Waals surface area contributed by atoms with E-state index in [-0.39, 0.29) is 41.0 Å². The molecule has 3 rings (SSSR count). The van der Waals surface area contributed by atoms with E-state index in [1.807, 2.05) is 0 Å². The van der Waals surface area contributed by atoms with Gasteiger partial charge in [0.05, 0.1) is 32.4 Å². The topological polar surface area (TPSA) is 332 Å². The number of anilines is 4. The maximum Gasteiger partial charge on any atom is 0.296 e. The van der Waals surface area contributed by atoms with E-state index in [1.54, 1.807) is 12.1 Å². The number of rotatable bonds is 14. The van der Waals surface area contributed by atoms with E-state index < -0.39 is 74.1 Å². The Bertz CT molecular complexity index is 2150. The molecule has 0 fully saturated rings. The third kappa shape index (κ3) is 9.99. The summed E-state index contributed by atoms with van der Waals surface area (Å²) in [6, 6.07) is 8.81. The minimum absolute atomic E-state index is 0.0215. The van der Waals surface area contributed by atoms with E-state index in [9.17, 15) is 42.8 Å². The van der Waals surface area contributed by atoms with Gasteiger partial charge in [0, 0.05) is 19.6 Å². The molecule has 0 bridgehead atoms. The van der Waals surface area contributed by atoms with E-state index >= 15 is 0 Å². The molecule has 0 unspecified atom stereocenters. The maximum atomic E-state index is 12.6. The van der Waals surface area contributed by atoms with Gasteiger partial charge < -0.3 is 16.0 Å². The Morgan fingerprint density at radius 2 is 1.24 bits per heavy atom. The van der Waals surface area contributed by atoms with Crippen LogP contribution < -0.4 is 20.7 Å². The molecule has 0 aliphatic carbocycles. The van der Waals surface area contributed by atoms with Gasteiger partial charge in [-0.2, -0.15) is 50.7 Å². The van der Waals surface area contributed by atoms with Crippen LogP contribution in [0.15, 0.2) is 51.1 Å². The number of benzene rings is 2. The van der Waals surface area contributed by atoms with Crippen molar-refractivity contribution in [3.05, 3.63) is 47.5 Å². The standard InChI is InChI=1S/C21H21N9O11S4/c22-11-13-1-2-15(9-14(13)12-23)43(34,35)26-6-5-24-19-28-20(25-7-8-42(31,32)33)30-21(29-19)27-17-10-16(44(36,37)38)3-4-18(17)45(39,40)41/h1-4,9-10,26H,5-8H2,(H,31,32,33)(H,36,37,38)(H,39,40,41)(H3,24,25,27,28,29,30). The van der Waals surface area contributed by atoms with Crippen molar-refractivity contribution in [3.63, 3.8) is 0 Å². The number of sulfonamides is 1. The summed E-state index contributed by atoms with van der Waals surface area (Å²) in [5, 5.41) is 25.6. The smallest absolute Gasteiger partial charge is 0.296 e.